The van der Waals surface area contributed by atoms with Crippen LogP contribution in [0.1, 0.15) is 31.9 Å². The van der Waals surface area contributed by atoms with Crippen LogP contribution in [0.2, 0.25) is 0 Å². The molecule has 0 radical (unpaired) electrons. The van der Waals surface area contributed by atoms with E-state index in [4.69, 9.17) is 11.5 Å². The Labute approximate surface area is 135 Å². The summed E-state index contributed by atoms with van der Waals surface area (Å²) in [5.74, 6) is -1.45. The first-order chi connectivity index (χ1) is 10.7. The fourth-order valence-electron chi connectivity index (χ4n) is 1.96. The van der Waals surface area contributed by atoms with Crippen molar-refractivity contribution in [1.29, 1.82) is 0 Å². The van der Waals surface area contributed by atoms with Crippen LogP contribution in [0.4, 0.5) is 0 Å². The molecule has 3 amide bonds. The highest BCUT2D eigenvalue weighted by molar-refractivity contribution is 5.93. The number of benzene rings is 1. The first kappa shape index (κ1) is 18.6. The molecule has 0 fully saturated rings. The van der Waals surface area contributed by atoms with Crippen molar-refractivity contribution in [2.24, 2.45) is 11.5 Å². The number of carbonyl (C=O) groups excluding carboxylic acids is 3. The summed E-state index contributed by atoms with van der Waals surface area (Å²) in [6.45, 7) is 4.78. The van der Waals surface area contributed by atoms with Gasteiger partial charge in [0.25, 0.3) is 0 Å². The topological polar surface area (TPSA) is 127 Å². The fraction of sp³-hybridized carbons (Fsp3) is 0.438. The standard InChI is InChI=1S/C16H24N4O3/c1-10(21)19-13(14(22)20-16(2,3)15(18)23)8-11-4-6-12(9-17)7-5-11/h4-7,13H,8-9,17H2,1-3H3,(H2,18,23)(H,19,21)(H,20,22)/t13-/m0/s1. The van der Waals surface area contributed by atoms with Crippen LogP contribution in [0.15, 0.2) is 24.3 Å². The zero-order chi connectivity index (χ0) is 17.6. The summed E-state index contributed by atoms with van der Waals surface area (Å²) in [7, 11) is 0. The summed E-state index contributed by atoms with van der Waals surface area (Å²) >= 11 is 0. The van der Waals surface area contributed by atoms with E-state index in [2.05, 4.69) is 10.6 Å². The van der Waals surface area contributed by atoms with Gasteiger partial charge in [0.15, 0.2) is 0 Å². The Bertz CT molecular complexity index is 581. The highest BCUT2D eigenvalue weighted by Crippen LogP contribution is 2.09. The molecule has 0 unspecified atom stereocenters. The second-order valence-electron chi connectivity index (χ2n) is 5.96. The Morgan fingerprint density at radius 3 is 2.09 bits per heavy atom. The minimum absolute atomic E-state index is 0.297. The molecule has 1 aromatic rings. The van der Waals surface area contributed by atoms with Gasteiger partial charge in [0.1, 0.15) is 11.6 Å². The lowest BCUT2D eigenvalue weighted by Crippen LogP contribution is -2.58. The Hall–Kier alpha value is -2.41. The molecular formula is C16H24N4O3. The summed E-state index contributed by atoms with van der Waals surface area (Å²) in [6, 6.07) is 6.64. The van der Waals surface area contributed by atoms with Crippen LogP contribution < -0.4 is 22.1 Å². The van der Waals surface area contributed by atoms with E-state index in [1.807, 2.05) is 24.3 Å². The van der Waals surface area contributed by atoms with Crippen LogP contribution in [0, 0.1) is 0 Å². The summed E-state index contributed by atoms with van der Waals surface area (Å²) in [5.41, 5.74) is 11.4. The van der Waals surface area contributed by atoms with E-state index in [1.54, 1.807) is 0 Å². The van der Waals surface area contributed by atoms with E-state index in [0.29, 0.717) is 13.0 Å². The average molecular weight is 320 g/mol. The molecule has 1 rings (SSSR count). The molecule has 0 aliphatic heterocycles. The maximum Gasteiger partial charge on any atom is 0.243 e. The number of hydrogen-bond donors (Lipinski definition) is 4. The summed E-state index contributed by atoms with van der Waals surface area (Å²) in [5, 5.41) is 5.15. The van der Waals surface area contributed by atoms with Crippen LogP contribution in [-0.2, 0) is 27.3 Å². The Balaban J connectivity index is 2.88. The van der Waals surface area contributed by atoms with E-state index >= 15 is 0 Å². The van der Waals surface area contributed by atoms with Crippen molar-refractivity contribution < 1.29 is 14.4 Å². The van der Waals surface area contributed by atoms with Crippen LogP contribution in [0.5, 0.6) is 0 Å². The summed E-state index contributed by atoms with van der Waals surface area (Å²) in [6.07, 6.45) is 0.297. The van der Waals surface area contributed by atoms with Gasteiger partial charge in [-0.2, -0.15) is 0 Å². The van der Waals surface area contributed by atoms with E-state index in [1.165, 1.54) is 20.8 Å². The van der Waals surface area contributed by atoms with Gasteiger partial charge in [-0.05, 0) is 25.0 Å². The molecule has 0 spiro atoms. The highest BCUT2D eigenvalue weighted by Gasteiger charge is 2.30. The lowest BCUT2D eigenvalue weighted by atomic mass is 10.0. The van der Waals surface area contributed by atoms with Crippen LogP contribution in [-0.4, -0.2) is 29.3 Å². The Kier molecular flexibility index (Phi) is 6.27. The summed E-state index contributed by atoms with van der Waals surface area (Å²) in [4.78, 5) is 35.1. The number of amides is 3. The molecule has 0 aliphatic carbocycles. The van der Waals surface area contributed by atoms with Crippen molar-refractivity contribution in [1.82, 2.24) is 10.6 Å². The molecular weight excluding hydrogens is 296 g/mol. The van der Waals surface area contributed by atoms with Gasteiger partial charge in [-0.1, -0.05) is 24.3 Å². The predicted molar refractivity (Wildman–Crippen MR) is 87.1 cm³/mol. The lowest BCUT2D eigenvalue weighted by Gasteiger charge is -2.26. The third-order valence-corrected chi connectivity index (χ3v) is 3.44. The molecule has 7 nitrogen and oxygen atoms in total. The Morgan fingerprint density at radius 2 is 1.65 bits per heavy atom. The van der Waals surface area contributed by atoms with Crippen molar-refractivity contribution in [3.63, 3.8) is 0 Å². The van der Waals surface area contributed by atoms with Gasteiger partial charge >= 0.3 is 0 Å². The van der Waals surface area contributed by atoms with E-state index in [-0.39, 0.29) is 5.91 Å². The Morgan fingerprint density at radius 1 is 1.13 bits per heavy atom. The number of nitrogens with two attached hydrogens (primary N) is 2. The number of primary amides is 1. The number of carbonyl (C=O) groups is 3. The lowest BCUT2D eigenvalue weighted by molar-refractivity contribution is -0.133. The quantitative estimate of drug-likeness (QED) is 0.543. The maximum atomic E-state index is 12.4. The molecule has 1 atom stereocenters. The molecule has 0 aliphatic rings. The van der Waals surface area contributed by atoms with Crippen molar-refractivity contribution in [3.05, 3.63) is 35.4 Å². The second kappa shape index (κ2) is 7.73. The minimum atomic E-state index is -1.20. The molecule has 0 aromatic heterocycles. The minimum Gasteiger partial charge on any atom is -0.368 e. The van der Waals surface area contributed by atoms with Crippen LogP contribution >= 0.6 is 0 Å². The molecule has 7 heteroatoms. The molecule has 1 aromatic carbocycles. The molecule has 126 valence electrons. The monoisotopic (exact) mass is 320 g/mol. The predicted octanol–water partition coefficient (Wildman–Crippen LogP) is -0.427. The third kappa shape index (κ3) is 5.71. The second-order valence-corrected chi connectivity index (χ2v) is 5.96. The van der Waals surface area contributed by atoms with E-state index in [9.17, 15) is 14.4 Å². The maximum absolute atomic E-state index is 12.4. The molecule has 0 bridgehead atoms. The van der Waals surface area contributed by atoms with E-state index < -0.39 is 23.4 Å². The number of nitrogens with one attached hydrogen (secondary N) is 2. The molecule has 0 saturated heterocycles. The van der Waals surface area contributed by atoms with Gasteiger partial charge in [0.2, 0.25) is 17.7 Å². The summed E-state index contributed by atoms with van der Waals surface area (Å²) < 4.78 is 0. The molecule has 23 heavy (non-hydrogen) atoms. The number of rotatable bonds is 7. The average Bonchev–Trinajstić information content (AvgIpc) is 2.46. The van der Waals surface area contributed by atoms with Gasteiger partial charge in [0.05, 0.1) is 0 Å². The van der Waals surface area contributed by atoms with E-state index in [0.717, 1.165) is 11.1 Å². The smallest absolute Gasteiger partial charge is 0.243 e. The first-order valence-corrected chi connectivity index (χ1v) is 7.32. The van der Waals surface area contributed by atoms with Gasteiger partial charge in [-0.25, -0.2) is 0 Å². The van der Waals surface area contributed by atoms with Crippen molar-refractivity contribution in [2.75, 3.05) is 0 Å². The molecule has 0 saturated carbocycles. The first-order valence-electron chi connectivity index (χ1n) is 7.32. The van der Waals surface area contributed by atoms with Crippen molar-refractivity contribution in [3.8, 4) is 0 Å². The molecule has 6 N–H and O–H groups in total. The zero-order valence-corrected chi connectivity index (χ0v) is 13.7. The normalized spacial score (nSPS) is 12.3. The van der Waals surface area contributed by atoms with Crippen molar-refractivity contribution >= 4 is 17.7 Å². The van der Waals surface area contributed by atoms with Gasteiger partial charge in [0, 0.05) is 19.9 Å². The van der Waals surface area contributed by atoms with Crippen molar-refractivity contribution in [2.45, 2.75) is 45.3 Å². The van der Waals surface area contributed by atoms with Gasteiger partial charge in [-0.15, -0.1) is 0 Å². The number of hydrogen-bond acceptors (Lipinski definition) is 4. The van der Waals surface area contributed by atoms with Crippen LogP contribution in [0.25, 0.3) is 0 Å². The SMILES string of the molecule is CC(=O)N[C@@H](Cc1ccc(CN)cc1)C(=O)NC(C)(C)C(N)=O. The van der Waals surface area contributed by atoms with Gasteiger partial charge in [-0.3, -0.25) is 14.4 Å². The van der Waals surface area contributed by atoms with Gasteiger partial charge < -0.3 is 22.1 Å². The zero-order valence-electron chi connectivity index (χ0n) is 13.7. The van der Waals surface area contributed by atoms with Crippen LogP contribution in [0.3, 0.4) is 0 Å². The molecule has 0 heterocycles. The largest absolute Gasteiger partial charge is 0.368 e. The third-order valence-electron chi connectivity index (χ3n) is 3.44. The highest BCUT2D eigenvalue weighted by atomic mass is 16.2. The fourth-order valence-corrected chi connectivity index (χ4v) is 1.96.